The lowest BCUT2D eigenvalue weighted by Crippen LogP contribution is -2.20. The van der Waals surface area contributed by atoms with E-state index < -0.39 is 0 Å². The predicted octanol–water partition coefficient (Wildman–Crippen LogP) is 3.51. The summed E-state index contributed by atoms with van der Waals surface area (Å²) in [4.78, 5) is 0. The maximum atomic E-state index is 5.77. The Balaban J connectivity index is 2.33. The van der Waals surface area contributed by atoms with E-state index in [2.05, 4.69) is 51.1 Å². The van der Waals surface area contributed by atoms with Crippen LogP contribution < -0.4 is 0 Å². The van der Waals surface area contributed by atoms with Gasteiger partial charge in [-0.15, -0.1) is 0 Å². The van der Waals surface area contributed by atoms with E-state index in [4.69, 9.17) is 4.74 Å². The van der Waals surface area contributed by atoms with E-state index in [0.717, 1.165) is 6.61 Å². The van der Waals surface area contributed by atoms with E-state index in [9.17, 15) is 0 Å². The average Bonchev–Trinajstić information content (AvgIpc) is 2.47. The summed E-state index contributed by atoms with van der Waals surface area (Å²) >= 11 is 0. The second-order valence-electron chi connectivity index (χ2n) is 4.73. The molecule has 0 aliphatic carbocycles. The lowest BCUT2D eigenvalue weighted by molar-refractivity contribution is 0.0515. The summed E-state index contributed by atoms with van der Waals surface area (Å²) in [7, 11) is 0. The highest BCUT2D eigenvalue weighted by atomic mass is 16.5. The summed E-state index contributed by atoms with van der Waals surface area (Å²) in [6.07, 6.45) is 2.26. The molecule has 1 heteroatoms. The molecule has 0 aromatic heterocycles. The molecule has 1 aliphatic heterocycles. The maximum absolute atomic E-state index is 5.77. The highest BCUT2D eigenvalue weighted by Gasteiger charge is 2.34. The second kappa shape index (κ2) is 3.82. The van der Waals surface area contributed by atoms with Crippen molar-refractivity contribution in [1.82, 2.24) is 0 Å². The smallest absolute Gasteiger partial charge is 0.0842 e. The minimum absolute atomic E-state index is 0.102. The first-order valence-corrected chi connectivity index (χ1v) is 5.51. The van der Waals surface area contributed by atoms with Crippen LogP contribution in [0, 0.1) is 5.92 Å². The molecule has 1 fully saturated rings. The molecule has 0 N–H and O–H groups in total. The molecule has 80 valence electrons. The summed E-state index contributed by atoms with van der Waals surface area (Å²) in [5.74, 6) is 0.528. The molecule has 0 amide bonds. The number of hydrogen-bond donors (Lipinski definition) is 0. The quantitative estimate of drug-likeness (QED) is 0.677. The van der Waals surface area contributed by atoms with Crippen LogP contribution in [0.15, 0.2) is 35.9 Å². The Morgan fingerprint density at radius 3 is 2.47 bits per heavy atom. The van der Waals surface area contributed by atoms with Crippen LogP contribution in [0.25, 0.3) is 6.08 Å². The highest BCUT2D eigenvalue weighted by Crippen LogP contribution is 2.36. The highest BCUT2D eigenvalue weighted by molar-refractivity contribution is 5.56. The Morgan fingerprint density at radius 2 is 1.93 bits per heavy atom. The van der Waals surface area contributed by atoms with Crippen LogP contribution in [0.3, 0.4) is 0 Å². The van der Waals surface area contributed by atoms with Crippen molar-refractivity contribution in [3.05, 3.63) is 41.5 Å². The molecule has 1 aliphatic rings. The van der Waals surface area contributed by atoms with E-state index in [1.807, 2.05) is 6.07 Å². The first-order valence-electron chi connectivity index (χ1n) is 5.51. The van der Waals surface area contributed by atoms with E-state index in [1.165, 1.54) is 11.1 Å². The second-order valence-corrected chi connectivity index (χ2v) is 4.73. The van der Waals surface area contributed by atoms with Crippen molar-refractivity contribution in [3.8, 4) is 0 Å². The van der Waals surface area contributed by atoms with Crippen LogP contribution in [-0.2, 0) is 4.74 Å². The number of benzene rings is 1. The van der Waals surface area contributed by atoms with Crippen molar-refractivity contribution in [2.75, 3.05) is 6.61 Å². The van der Waals surface area contributed by atoms with Gasteiger partial charge in [0.1, 0.15) is 0 Å². The van der Waals surface area contributed by atoms with Crippen LogP contribution in [0.1, 0.15) is 26.3 Å². The van der Waals surface area contributed by atoms with Gasteiger partial charge in [-0.2, -0.15) is 0 Å². The van der Waals surface area contributed by atoms with E-state index >= 15 is 0 Å². The molecule has 0 spiro atoms. The SMILES string of the molecule is C[C@@H]1COC(C)(C)/C1=C\c1ccccc1. The van der Waals surface area contributed by atoms with Gasteiger partial charge in [0.2, 0.25) is 0 Å². The van der Waals surface area contributed by atoms with Crippen LogP contribution in [0.4, 0.5) is 0 Å². The van der Waals surface area contributed by atoms with Crippen molar-refractivity contribution in [3.63, 3.8) is 0 Å². The van der Waals surface area contributed by atoms with Gasteiger partial charge in [-0.05, 0) is 25.0 Å². The molecule has 1 aromatic rings. The zero-order valence-electron chi connectivity index (χ0n) is 9.66. The summed E-state index contributed by atoms with van der Waals surface area (Å²) in [6.45, 7) is 7.35. The molecule has 1 nitrogen and oxygen atoms in total. The zero-order chi connectivity index (χ0) is 10.9. The Kier molecular flexibility index (Phi) is 2.66. The number of hydrogen-bond acceptors (Lipinski definition) is 1. The van der Waals surface area contributed by atoms with Crippen LogP contribution in [0.5, 0.6) is 0 Å². The van der Waals surface area contributed by atoms with Gasteiger partial charge >= 0.3 is 0 Å². The Bertz CT molecular complexity index is 362. The van der Waals surface area contributed by atoms with Gasteiger partial charge < -0.3 is 4.74 Å². The standard InChI is InChI=1S/C14H18O/c1-11-10-15-14(2,3)13(11)9-12-7-5-4-6-8-12/h4-9,11H,10H2,1-3H3/b13-9-/t11-/m1/s1. The van der Waals surface area contributed by atoms with Crippen molar-refractivity contribution < 1.29 is 4.74 Å². The molecular weight excluding hydrogens is 184 g/mol. The minimum Gasteiger partial charge on any atom is -0.371 e. The fourth-order valence-corrected chi connectivity index (χ4v) is 2.14. The largest absolute Gasteiger partial charge is 0.371 e. The van der Waals surface area contributed by atoms with Crippen molar-refractivity contribution >= 4 is 6.08 Å². The van der Waals surface area contributed by atoms with E-state index in [1.54, 1.807) is 0 Å². The topological polar surface area (TPSA) is 9.23 Å². The monoisotopic (exact) mass is 202 g/mol. The van der Waals surface area contributed by atoms with Gasteiger partial charge in [0.25, 0.3) is 0 Å². The molecular formula is C14H18O. The van der Waals surface area contributed by atoms with Crippen molar-refractivity contribution in [2.24, 2.45) is 5.92 Å². The van der Waals surface area contributed by atoms with Gasteiger partial charge in [-0.1, -0.05) is 43.3 Å². The molecule has 1 heterocycles. The molecule has 0 unspecified atom stereocenters. The third kappa shape index (κ3) is 2.13. The molecule has 15 heavy (non-hydrogen) atoms. The average molecular weight is 202 g/mol. The van der Waals surface area contributed by atoms with Crippen LogP contribution in [0.2, 0.25) is 0 Å². The Morgan fingerprint density at radius 1 is 1.27 bits per heavy atom. The maximum Gasteiger partial charge on any atom is 0.0842 e. The fourth-order valence-electron chi connectivity index (χ4n) is 2.14. The predicted molar refractivity (Wildman–Crippen MR) is 63.6 cm³/mol. The normalized spacial score (nSPS) is 27.1. The number of ether oxygens (including phenoxy) is 1. The molecule has 1 atom stereocenters. The lowest BCUT2D eigenvalue weighted by atomic mass is 9.89. The van der Waals surface area contributed by atoms with Crippen LogP contribution >= 0.6 is 0 Å². The molecule has 0 radical (unpaired) electrons. The molecule has 0 saturated carbocycles. The van der Waals surface area contributed by atoms with Crippen LogP contribution in [-0.4, -0.2) is 12.2 Å². The summed E-state index contributed by atoms with van der Waals surface area (Å²) in [5, 5.41) is 0. The summed E-state index contributed by atoms with van der Waals surface area (Å²) in [5.41, 5.74) is 2.56. The van der Waals surface area contributed by atoms with E-state index in [-0.39, 0.29) is 5.60 Å². The molecule has 0 bridgehead atoms. The first-order chi connectivity index (χ1) is 7.09. The number of rotatable bonds is 1. The Labute approximate surface area is 91.8 Å². The third-order valence-electron chi connectivity index (χ3n) is 3.04. The lowest BCUT2D eigenvalue weighted by Gasteiger charge is -2.20. The van der Waals surface area contributed by atoms with Gasteiger partial charge in [-0.3, -0.25) is 0 Å². The zero-order valence-corrected chi connectivity index (χ0v) is 9.66. The molecule has 1 saturated heterocycles. The molecule has 2 rings (SSSR count). The van der Waals surface area contributed by atoms with Crippen molar-refractivity contribution in [1.29, 1.82) is 0 Å². The van der Waals surface area contributed by atoms with Gasteiger partial charge in [0.05, 0.1) is 12.2 Å². The van der Waals surface area contributed by atoms with Gasteiger partial charge in [-0.25, -0.2) is 0 Å². The third-order valence-corrected chi connectivity index (χ3v) is 3.04. The first kappa shape index (κ1) is 10.4. The fraction of sp³-hybridized carbons (Fsp3) is 0.429. The molecule has 1 aromatic carbocycles. The minimum atomic E-state index is -0.102. The van der Waals surface area contributed by atoms with Crippen molar-refractivity contribution in [2.45, 2.75) is 26.4 Å². The summed E-state index contributed by atoms with van der Waals surface area (Å²) in [6, 6.07) is 10.4. The summed E-state index contributed by atoms with van der Waals surface area (Å²) < 4.78 is 5.77. The van der Waals surface area contributed by atoms with E-state index in [0.29, 0.717) is 5.92 Å². The van der Waals surface area contributed by atoms with Gasteiger partial charge in [0, 0.05) is 5.92 Å². The van der Waals surface area contributed by atoms with Gasteiger partial charge in [0.15, 0.2) is 0 Å². The Hall–Kier alpha value is -1.08.